The molecule has 0 amide bonds. The number of thiophene rings is 1. The van der Waals surface area contributed by atoms with E-state index in [2.05, 4.69) is 50.0 Å². The van der Waals surface area contributed by atoms with Crippen LogP contribution in [0.1, 0.15) is 48.2 Å². The van der Waals surface area contributed by atoms with E-state index in [4.69, 9.17) is 9.97 Å². The van der Waals surface area contributed by atoms with Crippen molar-refractivity contribution in [3.63, 3.8) is 0 Å². The Hall–Kier alpha value is -1.98. The molecule has 0 aliphatic heterocycles. The van der Waals surface area contributed by atoms with Crippen LogP contribution in [0.15, 0.2) is 35.6 Å². The summed E-state index contributed by atoms with van der Waals surface area (Å²) < 4.78 is 1.20. The summed E-state index contributed by atoms with van der Waals surface area (Å²) in [5.74, 6) is 1.55. The average molecular weight is 420 g/mol. The van der Waals surface area contributed by atoms with Crippen LogP contribution >= 0.6 is 23.1 Å². The summed E-state index contributed by atoms with van der Waals surface area (Å²) in [6.07, 6.45) is 6.35. The van der Waals surface area contributed by atoms with Crippen molar-refractivity contribution in [3.05, 3.63) is 58.5 Å². The Balaban J connectivity index is 1.61. The van der Waals surface area contributed by atoms with Gasteiger partial charge in [0.15, 0.2) is 0 Å². The maximum atomic E-state index is 5.14. The molecule has 1 aliphatic carbocycles. The fourth-order valence-electron chi connectivity index (χ4n) is 4.33. The average Bonchev–Trinajstić information content (AvgIpc) is 3.31. The van der Waals surface area contributed by atoms with E-state index < -0.39 is 0 Å². The van der Waals surface area contributed by atoms with Crippen LogP contribution < -0.4 is 0 Å². The first-order valence-corrected chi connectivity index (χ1v) is 12.2. The second-order valence-electron chi connectivity index (χ2n) is 8.32. The minimum absolute atomic E-state index is 0.624. The summed E-state index contributed by atoms with van der Waals surface area (Å²) in [4.78, 5) is 15.6. The lowest BCUT2D eigenvalue weighted by Gasteiger charge is -2.11. The van der Waals surface area contributed by atoms with Crippen molar-refractivity contribution < 1.29 is 0 Å². The van der Waals surface area contributed by atoms with Gasteiger partial charge in [-0.15, -0.1) is 23.1 Å². The highest BCUT2D eigenvalue weighted by Crippen LogP contribution is 2.42. The Bertz CT molecular complexity index is 1210. The van der Waals surface area contributed by atoms with Crippen LogP contribution in [0.25, 0.3) is 20.4 Å². The molecular weight excluding hydrogens is 394 g/mol. The Labute approximate surface area is 180 Å². The first-order valence-electron chi connectivity index (χ1n) is 10.4. The first-order chi connectivity index (χ1) is 14.1. The molecule has 0 spiro atoms. The smallest absolute Gasteiger partial charge is 0.126 e. The summed E-state index contributed by atoms with van der Waals surface area (Å²) >= 11 is 3.59. The van der Waals surface area contributed by atoms with Crippen molar-refractivity contribution >= 4 is 43.5 Å². The number of pyridine rings is 1. The van der Waals surface area contributed by atoms with Gasteiger partial charge < -0.3 is 0 Å². The van der Waals surface area contributed by atoms with Gasteiger partial charge in [-0.3, -0.25) is 0 Å². The topological polar surface area (TPSA) is 38.7 Å². The molecule has 0 unspecified atom stereocenters. The van der Waals surface area contributed by atoms with Crippen LogP contribution in [0.3, 0.4) is 0 Å². The van der Waals surface area contributed by atoms with Crippen molar-refractivity contribution in [1.29, 1.82) is 0 Å². The van der Waals surface area contributed by atoms with E-state index in [1.54, 1.807) is 17.7 Å². The molecule has 148 valence electrons. The Kier molecular flexibility index (Phi) is 5.04. The van der Waals surface area contributed by atoms with Crippen molar-refractivity contribution in [1.82, 2.24) is 15.0 Å². The van der Waals surface area contributed by atoms with Gasteiger partial charge in [-0.1, -0.05) is 38.1 Å². The lowest BCUT2D eigenvalue weighted by molar-refractivity contribution is 0.632. The summed E-state index contributed by atoms with van der Waals surface area (Å²) in [5, 5.41) is 2.38. The fourth-order valence-corrected chi connectivity index (χ4v) is 6.66. The molecule has 4 aromatic rings. The van der Waals surface area contributed by atoms with Crippen LogP contribution in [0.5, 0.6) is 0 Å². The maximum Gasteiger partial charge on any atom is 0.126 e. The molecule has 0 saturated heterocycles. The number of hydrogen-bond donors (Lipinski definition) is 0. The standard InChI is InChI=1S/C24H25N3S2/c1-14(2)11-19-17-9-6-10-18(17)20-21-22(29-23(20)27-19)24(26-13-25-21)28-12-16-8-5-4-7-15(16)3/h4-5,7-8,13-14H,6,9-12H2,1-3H3. The number of hydrogen-bond acceptors (Lipinski definition) is 5. The SMILES string of the molecule is Cc1ccccc1CSc1ncnc2c1sc1nc(CC(C)C)c3c(c12)CCC3. The number of nitrogens with zero attached hydrogens (tertiary/aromatic N) is 3. The second kappa shape index (κ2) is 7.69. The Morgan fingerprint density at radius 3 is 2.76 bits per heavy atom. The van der Waals surface area contributed by atoms with Gasteiger partial charge in [0.25, 0.3) is 0 Å². The van der Waals surface area contributed by atoms with Crippen LogP contribution in [0, 0.1) is 12.8 Å². The maximum absolute atomic E-state index is 5.14. The highest BCUT2D eigenvalue weighted by Gasteiger charge is 2.24. The molecule has 3 nitrogen and oxygen atoms in total. The van der Waals surface area contributed by atoms with Crippen molar-refractivity contribution in [2.45, 2.75) is 57.2 Å². The third-order valence-electron chi connectivity index (χ3n) is 5.75. The predicted molar refractivity (Wildman–Crippen MR) is 124 cm³/mol. The van der Waals surface area contributed by atoms with Crippen molar-refractivity contribution in [2.75, 3.05) is 0 Å². The molecule has 0 fully saturated rings. The van der Waals surface area contributed by atoms with Crippen molar-refractivity contribution in [3.8, 4) is 0 Å². The molecule has 0 N–H and O–H groups in total. The number of benzene rings is 1. The molecule has 0 saturated carbocycles. The second-order valence-corrected chi connectivity index (χ2v) is 10.3. The van der Waals surface area contributed by atoms with E-state index in [0.717, 1.165) is 40.4 Å². The molecule has 5 heteroatoms. The van der Waals surface area contributed by atoms with E-state index in [9.17, 15) is 0 Å². The Morgan fingerprint density at radius 1 is 1.10 bits per heavy atom. The molecule has 29 heavy (non-hydrogen) atoms. The third-order valence-corrected chi connectivity index (χ3v) is 8.00. The zero-order valence-electron chi connectivity index (χ0n) is 17.2. The van der Waals surface area contributed by atoms with Gasteiger partial charge in [0.1, 0.15) is 16.2 Å². The van der Waals surface area contributed by atoms with Gasteiger partial charge in [0.2, 0.25) is 0 Å². The van der Waals surface area contributed by atoms with Crippen LogP contribution in [0.4, 0.5) is 0 Å². The number of rotatable bonds is 5. The summed E-state index contributed by atoms with van der Waals surface area (Å²) in [7, 11) is 0. The van der Waals surface area contributed by atoms with Crippen LogP contribution in [-0.2, 0) is 25.0 Å². The zero-order chi connectivity index (χ0) is 20.0. The van der Waals surface area contributed by atoms with Gasteiger partial charge in [0, 0.05) is 16.8 Å². The highest BCUT2D eigenvalue weighted by atomic mass is 32.2. The summed E-state index contributed by atoms with van der Waals surface area (Å²) in [6.45, 7) is 6.74. The quantitative estimate of drug-likeness (QED) is 0.272. The van der Waals surface area contributed by atoms with Gasteiger partial charge in [-0.2, -0.15) is 0 Å². The van der Waals surface area contributed by atoms with Gasteiger partial charge in [-0.25, -0.2) is 15.0 Å². The molecule has 3 aromatic heterocycles. The minimum atomic E-state index is 0.624. The largest absolute Gasteiger partial charge is 0.242 e. The highest BCUT2D eigenvalue weighted by molar-refractivity contribution is 7.98. The van der Waals surface area contributed by atoms with Crippen LogP contribution in [0.2, 0.25) is 0 Å². The lowest BCUT2D eigenvalue weighted by Crippen LogP contribution is -2.03. The third kappa shape index (κ3) is 3.44. The molecule has 1 aliphatic rings. The summed E-state index contributed by atoms with van der Waals surface area (Å²) in [6, 6.07) is 8.59. The van der Waals surface area contributed by atoms with Crippen molar-refractivity contribution in [2.24, 2.45) is 5.92 Å². The zero-order valence-corrected chi connectivity index (χ0v) is 18.8. The molecule has 1 aromatic carbocycles. The molecule has 5 rings (SSSR count). The molecule has 0 bridgehead atoms. The van der Waals surface area contributed by atoms with Gasteiger partial charge in [0.05, 0.1) is 10.2 Å². The summed E-state index contributed by atoms with van der Waals surface area (Å²) in [5.41, 5.74) is 8.12. The van der Waals surface area contributed by atoms with Gasteiger partial charge >= 0.3 is 0 Å². The number of fused-ring (bicyclic) bond motifs is 5. The lowest BCUT2D eigenvalue weighted by atomic mass is 9.99. The van der Waals surface area contributed by atoms with Gasteiger partial charge in [-0.05, 0) is 60.8 Å². The number of aromatic nitrogens is 3. The number of thioether (sulfide) groups is 1. The first kappa shape index (κ1) is 19.0. The number of aryl methyl sites for hydroxylation is 2. The van der Waals surface area contributed by atoms with Crippen LogP contribution in [-0.4, -0.2) is 15.0 Å². The van der Waals surface area contributed by atoms with E-state index >= 15 is 0 Å². The Morgan fingerprint density at radius 2 is 1.93 bits per heavy atom. The van der Waals surface area contributed by atoms with E-state index in [1.165, 1.54) is 44.5 Å². The monoisotopic (exact) mass is 419 g/mol. The van der Waals surface area contributed by atoms with E-state index in [0.29, 0.717) is 5.92 Å². The molecular formula is C24H25N3S2. The van der Waals surface area contributed by atoms with E-state index in [1.807, 2.05) is 11.8 Å². The molecule has 0 radical (unpaired) electrons. The van der Waals surface area contributed by atoms with E-state index in [-0.39, 0.29) is 0 Å². The minimum Gasteiger partial charge on any atom is -0.242 e. The predicted octanol–water partition coefficient (Wildman–Crippen LogP) is 6.53. The molecule has 3 heterocycles. The normalized spacial score (nSPS) is 13.7. The molecule has 0 atom stereocenters. The fraction of sp³-hybridized carbons (Fsp3) is 0.375.